The smallest absolute Gasteiger partial charge is 0.261 e. The van der Waals surface area contributed by atoms with Crippen LogP contribution in [0.5, 0.6) is 0 Å². The fourth-order valence-corrected chi connectivity index (χ4v) is 2.95. The van der Waals surface area contributed by atoms with E-state index in [-0.39, 0.29) is 11.5 Å². The van der Waals surface area contributed by atoms with Crippen molar-refractivity contribution in [1.82, 2.24) is 5.32 Å². The first-order chi connectivity index (χ1) is 11.0. The number of nitrogens with two attached hydrogens (primary N) is 1. The molecule has 0 bridgehead atoms. The van der Waals surface area contributed by atoms with Crippen LogP contribution in [0.4, 0.5) is 9.39 Å². The SMILES string of the molecule is Cc1cc(NC(=O)c2cccc(F)c2)sc1C(=O)NCCCN. The van der Waals surface area contributed by atoms with Gasteiger partial charge in [0.05, 0.1) is 9.88 Å². The zero-order valence-electron chi connectivity index (χ0n) is 12.7. The van der Waals surface area contributed by atoms with Gasteiger partial charge in [-0.1, -0.05) is 6.07 Å². The van der Waals surface area contributed by atoms with Crippen molar-refractivity contribution in [3.63, 3.8) is 0 Å². The number of amides is 2. The lowest BCUT2D eigenvalue weighted by Crippen LogP contribution is -2.25. The van der Waals surface area contributed by atoms with Crippen molar-refractivity contribution < 1.29 is 14.0 Å². The minimum absolute atomic E-state index is 0.188. The molecule has 2 amide bonds. The second kappa shape index (κ2) is 7.85. The largest absolute Gasteiger partial charge is 0.351 e. The highest BCUT2D eigenvalue weighted by Crippen LogP contribution is 2.27. The van der Waals surface area contributed by atoms with Crippen molar-refractivity contribution in [2.45, 2.75) is 13.3 Å². The summed E-state index contributed by atoms with van der Waals surface area (Å²) in [5, 5.41) is 6.00. The number of carbonyl (C=O) groups is 2. The maximum atomic E-state index is 13.1. The van der Waals surface area contributed by atoms with Crippen LogP contribution in [0.1, 0.15) is 32.0 Å². The summed E-state index contributed by atoms with van der Waals surface area (Å²) in [6.45, 7) is 2.82. The third-order valence-electron chi connectivity index (χ3n) is 3.11. The highest BCUT2D eigenvalue weighted by molar-refractivity contribution is 7.18. The summed E-state index contributed by atoms with van der Waals surface area (Å²) in [7, 11) is 0. The average Bonchev–Trinajstić information content (AvgIpc) is 2.88. The van der Waals surface area contributed by atoms with Gasteiger partial charge in [0.2, 0.25) is 0 Å². The Hall–Kier alpha value is -2.25. The summed E-state index contributed by atoms with van der Waals surface area (Å²) in [5.41, 5.74) is 6.39. The number of rotatable bonds is 6. The molecule has 1 heterocycles. The monoisotopic (exact) mass is 335 g/mol. The van der Waals surface area contributed by atoms with Crippen molar-refractivity contribution in [1.29, 1.82) is 0 Å². The third kappa shape index (κ3) is 4.61. The molecule has 23 heavy (non-hydrogen) atoms. The lowest BCUT2D eigenvalue weighted by Gasteiger charge is -2.03. The molecule has 122 valence electrons. The topological polar surface area (TPSA) is 84.2 Å². The van der Waals surface area contributed by atoms with Crippen LogP contribution >= 0.6 is 11.3 Å². The van der Waals surface area contributed by atoms with Gasteiger partial charge in [-0.05, 0) is 49.7 Å². The Morgan fingerprint density at radius 3 is 2.74 bits per heavy atom. The van der Waals surface area contributed by atoms with E-state index in [1.165, 1.54) is 29.5 Å². The molecular weight excluding hydrogens is 317 g/mol. The van der Waals surface area contributed by atoms with Gasteiger partial charge in [-0.25, -0.2) is 4.39 Å². The Balaban J connectivity index is 2.05. The van der Waals surface area contributed by atoms with Crippen molar-refractivity contribution in [3.8, 4) is 0 Å². The summed E-state index contributed by atoms with van der Waals surface area (Å²) in [4.78, 5) is 24.7. The summed E-state index contributed by atoms with van der Waals surface area (Å²) < 4.78 is 13.1. The summed E-state index contributed by atoms with van der Waals surface area (Å²) in [5.74, 6) is -1.08. The van der Waals surface area contributed by atoms with Gasteiger partial charge in [0.1, 0.15) is 5.82 Å². The molecule has 2 rings (SSSR count). The van der Waals surface area contributed by atoms with E-state index in [1.54, 1.807) is 13.0 Å². The van der Waals surface area contributed by atoms with E-state index in [0.717, 1.165) is 11.6 Å². The molecule has 0 spiro atoms. The predicted octanol–water partition coefficient (Wildman–Crippen LogP) is 2.53. The molecule has 0 unspecified atom stereocenters. The molecule has 0 aliphatic rings. The first-order valence-electron chi connectivity index (χ1n) is 7.17. The van der Waals surface area contributed by atoms with Crippen LogP contribution in [0, 0.1) is 12.7 Å². The Morgan fingerprint density at radius 1 is 1.26 bits per heavy atom. The Morgan fingerprint density at radius 2 is 2.04 bits per heavy atom. The van der Waals surface area contributed by atoms with Crippen LogP contribution in [-0.2, 0) is 0 Å². The van der Waals surface area contributed by atoms with Crippen molar-refractivity contribution >= 4 is 28.2 Å². The van der Waals surface area contributed by atoms with E-state index in [1.807, 2.05) is 0 Å². The molecule has 0 fully saturated rings. The predicted molar refractivity (Wildman–Crippen MR) is 89.4 cm³/mol. The normalized spacial score (nSPS) is 10.4. The van der Waals surface area contributed by atoms with E-state index in [0.29, 0.717) is 29.4 Å². The molecule has 5 nitrogen and oxygen atoms in total. The third-order valence-corrected chi connectivity index (χ3v) is 4.27. The molecule has 0 atom stereocenters. The van der Waals surface area contributed by atoms with Crippen LogP contribution in [0.3, 0.4) is 0 Å². The lowest BCUT2D eigenvalue weighted by molar-refractivity contribution is 0.0956. The van der Waals surface area contributed by atoms with Crippen LogP contribution in [0.15, 0.2) is 30.3 Å². The molecule has 7 heteroatoms. The number of hydrogen-bond donors (Lipinski definition) is 3. The summed E-state index contributed by atoms with van der Waals surface area (Å²) >= 11 is 1.18. The molecular formula is C16H18FN3O2S. The van der Waals surface area contributed by atoms with Crippen molar-refractivity contribution in [3.05, 3.63) is 52.2 Å². The van der Waals surface area contributed by atoms with E-state index >= 15 is 0 Å². The molecule has 1 aromatic carbocycles. The van der Waals surface area contributed by atoms with E-state index in [2.05, 4.69) is 10.6 Å². The molecule has 0 saturated heterocycles. The lowest BCUT2D eigenvalue weighted by atomic mass is 10.2. The second-order valence-corrected chi connectivity index (χ2v) is 6.04. The maximum absolute atomic E-state index is 13.1. The standard InChI is InChI=1S/C16H18FN3O2S/c1-10-8-13(23-14(10)16(22)19-7-3-6-18)20-15(21)11-4-2-5-12(17)9-11/h2,4-5,8-9H,3,6-7,18H2,1H3,(H,19,22)(H,20,21). The molecule has 4 N–H and O–H groups in total. The Kier molecular flexibility index (Phi) is 5.84. The quantitative estimate of drug-likeness (QED) is 0.709. The van der Waals surface area contributed by atoms with Gasteiger partial charge in [-0.2, -0.15) is 0 Å². The Bertz CT molecular complexity index is 715. The number of halogens is 1. The number of aryl methyl sites for hydroxylation is 1. The van der Waals surface area contributed by atoms with E-state index in [9.17, 15) is 14.0 Å². The second-order valence-electron chi connectivity index (χ2n) is 4.99. The molecule has 0 aliphatic heterocycles. The molecule has 2 aromatic rings. The number of hydrogen-bond acceptors (Lipinski definition) is 4. The minimum atomic E-state index is -0.472. The van der Waals surface area contributed by atoms with Gasteiger partial charge in [-0.3, -0.25) is 9.59 Å². The first kappa shape index (κ1) is 17.1. The molecule has 0 aliphatic carbocycles. The van der Waals surface area contributed by atoms with Gasteiger partial charge in [0.25, 0.3) is 11.8 Å². The van der Waals surface area contributed by atoms with Gasteiger partial charge in [0.15, 0.2) is 0 Å². The number of nitrogens with one attached hydrogen (secondary N) is 2. The summed E-state index contributed by atoms with van der Waals surface area (Å²) in [6.07, 6.45) is 0.708. The van der Waals surface area contributed by atoms with Crippen LogP contribution < -0.4 is 16.4 Å². The van der Waals surface area contributed by atoms with Crippen LogP contribution in [0.25, 0.3) is 0 Å². The van der Waals surface area contributed by atoms with Crippen LogP contribution in [0.2, 0.25) is 0 Å². The van der Waals surface area contributed by atoms with Gasteiger partial charge >= 0.3 is 0 Å². The van der Waals surface area contributed by atoms with Gasteiger partial charge in [-0.15, -0.1) is 11.3 Å². The Labute approximate surface area is 137 Å². The van der Waals surface area contributed by atoms with Crippen molar-refractivity contribution in [2.24, 2.45) is 5.73 Å². The van der Waals surface area contributed by atoms with Gasteiger partial charge < -0.3 is 16.4 Å². The summed E-state index contributed by atoms with van der Waals surface area (Å²) in [6, 6.07) is 7.16. The number of thiophene rings is 1. The minimum Gasteiger partial charge on any atom is -0.351 e. The zero-order chi connectivity index (χ0) is 16.8. The molecule has 0 radical (unpaired) electrons. The number of carbonyl (C=O) groups excluding carboxylic acids is 2. The van der Waals surface area contributed by atoms with Crippen molar-refractivity contribution in [2.75, 3.05) is 18.4 Å². The van der Waals surface area contributed by atoms with Gasteiger partial charge in [0, 0.05) is 12.1 Å². The molecule has 1 aromatic heterocycles. The van der Waals surface area contributed by atoms with E-state index < -0.39 is 11.7 Å². The number of benzene rings is 1. The fraction of sp³-hybridized carbons (Fsp3) is 0.250. The first-order valence-corrected chi connectivity index (χ1v) is 7.98. The zero-order valence-corrected chi connectivity index (χ0v) is 13.5. The van der Waals surface area contributed by atoms with Crippen LogP contribution in [-0.4, -0.2) is 24.9 Å². The highest BCUT2D eigenvalue weighted by atomic mass is 32.1. The number of anilines is 1. The highest BCUT2D eigenvalue weighted by Gasteiger charge is 2.15. The van der Waals surface area contributed by atoms with E-state index in [4.69, 9.17) is 5.73 Å². The fourth-order valence-electron chi connectivity index (χ4n) is 1.97. The average molecular weight is 335 g/mol. The maximum Gasteiger partial charge on any atom is 0.261 e. The molecule has 0 saturated carbocycles.